The number of carbonyl (C=O) groups excluding carboxylic acids is 1. The van der Waals surface area contributed by atoms with Gasteiger partial charge in [-0.05, 0) is 44.2 Å². The van der Waals surface area contributed by atoms with Crippen LogP contribution in [0.4, 0.5) is 11.4 Å². The predicted molar refractivity (Wildman–Crippen MR) is 98.2 cm³/mol. The van der Waals surface area contributed by atoms with Gasteiger partial charge in [-0.1, -0.05) is 0 Å². The third-order valence-electron chi connectivity index (χ3n) is 4.08. The van der Waals surface area contributed by atoms with Crippen molar-refractivity contribution in [2.45, 2.75) is 26.1 Å². The smallest absolute Gasteiger partial charge is 0.379 e. The summed E-state index contributed by atoms with van der Waals surface area (Å²) in [5.74, 6) is -0.233. The van der Waals surface area contributed by atoms with Crippen LogP contribution < -0.4 is 19.7 Å². The zero-order chi connectivity index (χ0) is 18.5. The summed E-state index contributed by atoms with van der Waals surface area (Å²) in [4.78, 5) is 14.3. The number of amides is 1. The van der Waals surface area contributed by atoms with Crippen molar-refractivity contribution in [2.75, 3.05) is 29.9 Å². The van der Waals surface area contributed by atoms with Crippen LogP contribution in [0, 0.1) is 5.21 Å². The van der Waals surface area contributed by atoms with E-state index in [4.69, 9.17) is 9.47 Å². The van der Waals surface area contributed by atoms with Crippen molar-refractivity contribution >= 4 is 17.3 Å². The number of ether oxygens (including phenoxy) is 2. The Morgan fingerprint density at radius 3 is 2.58 bits per heavy atom. The fourth-order valence-electron chi connectivity index (χ4n) is 3.01. The zero-order valence-electron chi connectivity index (χ0n) is 14.9. The van der Waals surface area contributed by atoms with Gasteiger partial charge in [-0.2, -0.15) is 0 Å². The molecule has 2 aromatic rings. The number of rotatable bonds is 5. The molecule has 2 atom stereocenters. The molecule has 7 nitrogen and oxygen atoms in total. The van der Waals surface area contributed by atoms with Crippen LogP contribution in [0.2, 0.25) is 0 Å². The first-order valence-corrected chi connectivity index (χ1v) is 8.62. The van der Waals surface area contributed by atoms with Crippen LogP contribution in [0.1, 0.15) is 13.8 Å². The minimum Gasteiger partial charge on any atom is -0.616 e. The van der Waals surface area contributed by atoms with Gasteiger partial charge in [0.15, 0.2) is 12.8 Å². The number of pyridine rings is 1. The van der Waals surface area contributed by atoms with Gasteiger partial charge < -0.3 is 24.9 Å². The van der Waals surface area contributed by atoms with E-state index in [1.165, 1.54) is 12.3 Å². The van der Waals surface area contributed by atoms with Gasteiger partial charge in [-0.15, -0.1) is 4.73 Å². The molecule has 1 amide bonds. The monoisotopic (exact) mass is 357 g/mol. The standard InChI is InChI=1S/C19H23N3O4/c1-14-11-21(12-15(2)26-14)17-8-6-16(7-9-17)20-18(23)13-25-19-5-3-4-10-22(19)24/h3-10,14-15H,11-13H2,1-2H3,(H,20,23)/t14-,15-/m0/s1. The van der Waals surface area contributed by atoms with Crippen molar-refractivity contribution in [3.8, 4) is 5.88 Å². The van der Waals surface area contributed by atoms with Crippen molar-refractivity contribution in [1.82, 2.24) is 0 Å². The molecule has 1 fully saturated rings. The number of nitrogens with zero attached hydrogens (tertiary/aromatic N) is 2. The summed E-state index contributed by atoms with van der Waals surface area (Å²) in [5.41, 5.74) is 1.78. The highest BCUT2D eigenvalue weighted by atomic mass is 16.6. The number of hydrogen-bond donors (Lipinski definition) is 1. The lowest BCUT2D eigenvalue weighted by Crippen LogP contribution is -2.45. The Morgan fingerprint density at radius 2 is 1.92 bits per heavy atom. The van der Waals surface area contributed by atoms with E-state index in [-0.39, 0.29) is 30.6 Å². The van der Waals surface area contributed by atoms with E-state index < -0.39 is 0 Å². The van der Waals surface area contributed by atoms with E-state index in [0.29, 0.717) is 10.4 Å². The quantitative estimate of drug-likeness (QED) is 0.654. The molecule has 138 valence electrons. The fraction of sp³-hybridized carbons (Fsp3) is 0.368. The van der Waals surface area contributed by atoms with E-state index in [2.05, 4.69) is 24.1 Å². The van der Waals surface area contributed by atoms with E-state index in [0.717, 1.165) is 18.8 Å². The number of benzene rings is 1. The molecule has 1 aromatic heterocycles. The normalized spacial score (nSPS) is 19.8. The lowest BCUT2D eigenvalue weighted by atomic mass is 10.2. The predicted octanol–water partition coefficient (Wildman–Crippen LogP) is 1.95. The average molecular weight is 357 g/mol. The molecule has 0 bridgehead atoms. The van der Waals surface area contributed by atoms with Crippen LogP contribution in [0.5, 0.6) is 5.88 Å². The molecule has 1 aliphatic heterocycles. The van der Waals surface area contributed by atoms with Gasteiger partial charge in [0.2, 0.25) is 0 Å². The maximum absolute atomic E-state index is 12.0. The summed E-state index contributed by atoms with van der Waals surface area (Å²) >= 11 is 0. The Hall–Kier alpha value is -2.80. The largest absolute Gasteiger partial charge is 0.616 e. The van der Waals surface area contributed by atoms with Crippen LogP contribution in [-0.2, 0) is 9.53 Å². The van der Waals surface area contributed by atoms with E-state index in [1.807, 2.05) is 24.3 Å². The van der Waals surface area contributed by atoms with Crippen LogP contribution in [0.25, 0.3) is 0 Å². The molecule has 1 N–H and O–H groups in total. The number of hydrogen-bond acceptors (Lipinski definition) is 5. The van der Waals surface area contributed by atoms with Crippen molar-refractivity contribution < 1.29 is 19.0 Å². The first-order valence-electron chi connectivity index (χ1n) is 8.62. The van der Waals surface area contributed by atoms with Gasteiger partial charge in [-0.3, -0.25) is 4.79 Å². The Bertz CT molecular complexity index is 741. The Balaban J connectivity index is 1.54. The fourth-order valence-corrected chi connectivity index (χ4v) is 3.01. The van der Waals surface area contributed by atoms with Crippen LogP contribution in [-0.4, -0.2) is 37.8 Å². The Morgan fingerprint density at radius 1 is 1.23 bits per heavy atom. The molecule has 26 heavy (non-hydrogen) atoms. The molecule has 2 heterocycles. The number of anilines is 2. The van der Waals surface area contributed by atoms with Gasteiger partial charge in [-0.25, -0.2) is 0 Å². The molecule has 0 saturated carbocycles. The van der Waals surface area contributed by atoms with Crippen molar-refractivity contribution in [3.63, 3.8) is 0 Å². The number of nitrogens with one attached hydrogen (secondary N) is 1. The molecule has 3 rings (SSSR count). The number of aromatic nitrogens is 1. The van der Waals surface area contributed by atoms with Gasteiger partial charge in [0.25, 0.3) is 5.91 Å². The molecule has 1 saturated heterocycles. The summed E-state index contributed by atoms with van der Waals surface area (Å²) < 4.78 is 11.6. The van der Waals surface area contributed by atoms with Crippen molar-refractivity contribution in [3.05, 3.63) is 53.9 Å². The highest BCUT2D eigenvalue weighted by molar-refractivity contribution is 5.92. The summed E-state index contributed by atoms with van der Waals surface area (Å²) in [6, 6.07) is 12.4. The highest BCUT2D eigenvalue weighted by Gasteiger charge is 2.22. The molecule has 0 spiro atoms. The van der Waals surface area contributed by atoms with E-state index in [1.54, 1.807) is 12.1 Å². The SMILES string of the molecule is C[C@H]1CN(c2ccc(NC(=O)COc3cccc[n+]3[O-])cc2)C[C@H](C)O1. The second-order valence-electron chi connectivity index (χ2n) is 6.41. The molecule has 7 heteroatoms. The molecule has 0 aliphatic carbocycles. The second-order valence-corrected chi connectivity index (χ2v) is 6.41. The summed E-state index contributed by atoms with van der Waals surface area (Å²) in [6.45, 7) is 5.59. The molecular formula is C19H23N3O4. The molecule has 0 unspecified atom stereocenters. The van der Waals surface area contributed by atoms with Crippen LogP contribution in [0.3, 0.4) is 0 Å². The Kier molecular flexibility index (Phi) is 5.58. The lowest BCUT2D eigenvalue weighted by molar-refractivity contribution is -0.612. The second kappa shape index (κ2) is 8.05. The topological polar surface area (TPSA) is 77.7 Å². The lowest BCUT2D eigenvalue weighted by Gasteiger charge is -2.36. The summed E-state index contributed by atoms with van der Waals surface area (Å²) in [6.07, 6.45) is 1.70. The van der Waals surface area contributed by atoms with Crippen LogP contribution in [0.15, 0.2) is 48.7 Å². The molecule has 1 aromatic carbocycles. The minimum atomic E-state index is -0.324. The van der Waals surface area contributed by atoms with E-state index >= 15 is 0 Å². The third kappa shape index (κ3) is 4.64. The summed E-state index contributed by atoms with van der Waals surface area (Å²) in [5, 5.41) is 14.2. The van der Waals surface area contributed by atoms with Gasteiger partial charge in [0.05, 0.1) is 18.3 Å². The Labute approximate surface area is 152 Å². The summed E-state index contributed by atoms with van der Waals surface area (Å²) in [7, 11) is 0. The van der Waals surface area contributed by atoms with Crippen LogP contribution >= 0.6 is 0 Å². The van der Waals surface area contributed by atoms with Crippen molar-refractivity contribution in [2.24, 2.45) is 0 Å². The third-order valence-corrected chi connectivity index (χ3v) is 4.08. The first kappa shape index (κ1) is 18.0. The van der Waals surface area contributed by atoms with Gasteiger partial charge in [0, 0.05) is 30.5 Å². The average Bonchev–Trinajstić information content (AvgIpc) is 2.61. The molecular weight excluding hydrogens is 334 g/mol. The van der Waals surface area contributed by atoms with Gasteiger partial charge >= 0.3 is 5.88 Å². The van der Waals surface area contributed by atoms with E-state index in [9.17, 15) is 10.0 Å². The maximum Gasteiger partial charge on any atom is 0.379 e. The minimum absolute atomic E-state index is 0.0913. The number of morpholine rings is 1. The first-order chi connectivity index (χ1) is 12.5. The maximum atomic E-state index is 12.0. The molecule has 0 radical (unpaired) electrons. The van der Waals surface area contributed by atoms with Gasteiger partial charge in [0.1, 0.15) is 0 Å². The number of carbonyl (C=O) groups is 1. The molecule has 1 aliphatic rings. The van der Waals surface area contributed by atoms with Crippen molar-refractivity contribution in [1.29, 1.82) is 0 Å². The zero-order valence-corrected chi connectivity index (χ0v) is 14.9. The highest BCUT2D eigenvalue weighted by Crippen LogP contribution is 2.22.